The van der Waals surface area contributed by atoms with Crippen LogP contribution in [-0.4, -0.2) is 52.6 Å². The first-order chi connectivity index (χ1) is 9.14. The molecule has 1 aliphatic heterocycles. The first-order valence-corrected chi connectivity index (χ1v) is 7.41. The fourth-order valence-corrected chi connectivity index (χ4v) is 2.69. The molecule has 5 heteroatoms. The number of hydrogen-bond acceptors (Lipinski definition) is 4. The van der Waals surface area contributed by atoms with E-state index in [0.717, 1.165) is 12.8 Å². The van der Waals surface area contributed by atoms with E-state index in [0.29, 0.717) is 0 Å². The third kappa shape index (κ3) is 4.94. The SMILES string of the molecule is CC1CC(N(C(=O)OC(C)(C)C)C(C)CO)CC(C)O1. The van der Waals surface area contributed by atoms with Crippen molar-refractivity contribution >= 4 is 6.09 Å². The van der Waals surface area contributed by atoms with Crippen LogP contribution < -0.4 is 0 Å². The van der Waals surface area contributed by atoms with E-state index in [9.17, 15) is 9.90 Å². The fraction of sp³-hybridized carbons (Fsp3) is 0.933. The lowest BCUT2D eigenvalue weighted by Gasteiger charge is -2.42. The van der Waals surface area contributed by atoms with Gasteiger partial charge in [0, 0.05) is 6.04 Å². The standard InChI is InChI=1S/C15H29NO4/c1-10(9-17)16(14(18)20-15(4,5)6)13-7-11(2)19-12(3)8-13/h10-13,17H,7-9H2,1-6H3. The summed E-state index contributed by atoms with van der Waals surface area (Å²) in [7, 11) is 0. The predicted molar refractivity (Wildman–Crippen MR) is 77.7 cm³/mol. The topological polar surface area (TPSA) is 59.0 Å². The van der Waals surface area contributed by atoms with Crippen molar-refractivity contribution in [3.8, 4) is 0 Å². The maximum atomic E-state index is 12.4. The van der Waals surface area contributed by atoms with Crippen molar-refractivity contribution in [2.45, 2.75) is 84.3 Å². The van der Waals surface area contributed by atoms with E-state index < -0.39 is 5.60 Å². The number of carbonyl (C=O) groups excluding carboxylic acids is 1. The molecule has 1 rings (SSSR count). The van der Waals surface area contributed by atoms with E-state index in [4.69, 9.17) is 9.47 Å². The second-order valence-electron chi connectivity index (χ2n) is 6.80. The van der Waals surface area contributed by atoms with Crippen molar-refractivity contribution in [3.63, 3.8) is 0 Å². The van der Waals surface area contributed by atoms with Gasteiger partial charge in [-0.2, -0.15) is 0 Å². The van der Waals surface area contributed by atoms with E-state index in [1.807, 2.05) is 41.5 Å². The zero-order chi connectivity index (χ0) is 15.5. The Balaban J connectivity index is 2.86. The Hall–Kier alpha value is -0.810. The molecule has 0 aromatic heterocycles. The van der Waals surface area contributed by atoms with Gasteiger partial charge < -0.3 is 19.5 Å². The smallest absolute Gasteiger partial charge is 0.410 e. The molecule has 1 amide bonds. The zero-order valence-corrected chi connectivity index (χ0v) is 13.5. The van der Waals surface area contributed by atoms with E-state index in [2.05, 4.69) is 0 Å². The summed E-state index contributed by atoms with van der Waals surface area (Å²) in [5.41, 5.74) is -0.535. The Bertz CT molecular complexity index is 316. The molecule has 0 saturated carbocycles. The highest BCUT2D eigenvalue weighted by Crippen LogP contribution is 2.26. The van der Waals surface area contributed by atoms with Crippen molar-refractivity contribution in [2.75, 3.05) is 6.61 Å². The Labute approximate surface area is 122 Å². The van der Waals surface area contributed by atoms with Gasteiger partial charge in [-0.05, 0) is 54.4 Å². The van der Waals surface area contributed by atoms with Crippen LogP contribution in [0, 0.1) is 0 Å². The number of rotatable bonds is 3. The van der Waals surface area contributed by atoms with Gasteiger partial charge in [0.15, 0.2) is 0 Å². The normalized spacial score (nSPS) is 28.9. The summed E-state index contributed by atoms with van der Waals surface area (Å²) in [6.07, 6.45) is 1.41. The minimum atomic E-state index is -0.535. The lowest BCUT2D eigenvalue weighted by Crippen LogP contribution is -2.53. The van der Waals surface area contributed by atoms with E-state index in [1.54, 1.807) is 4.90 Å². The molecule has 1 fully saturated rings. The van der Waals surface area contributed by atoms with E-state index in [-0.39, 0.29) is 37.0 Å². The van der Waals surface area contributed by atoms with Crippen LogP contribution in [0.4, 0.5) is 4.79 Å². The Kier molecular flexibility index (Phi) is 5.83. The molecule has 0 aromatic rings. The van der Waals surface area contributed by atoms with Gasteiger partial charge in [0.05, 0.1) is 24.9 Å². The van der Waals surface area contributed by atoms with Crippen LogP contribution in [0.1, 0.15) is 54.4 Å². The lowest BCUT2D eigenvalue weighted by atomic mass is 9.97. The van der Waals surface area contributed by atoms with Crippen LogP contribution in [0.2, 0.25) is 0 Å². The Morgan fingerprint density at radius 3 is 2.25 bits per heavy atom. The second kappa shape index (κ2) is 6.76. The van der Waals surface area contributed by atoms with E-state index >= 15 is 0 Å². The number of carbonyl (C=O) groups is 1. The molecule has 0 spiro atoms. The van der Waals surface area contributed by atoms with Crippen LogP contribution in [-0.2, 0) is 9.47 Å². The predicted octanol–water partition coefficient (Wildman–Crippen LogP) is 2.56. The minimum Gasteiger partial charge on any atom is -0.444 e. The van der Waals surface area contributed by atoms with Crippen molar-refractivity contribution in [2.24, 2.45) is 0 Å². The largest absolute Gasteiger partial charge is 0.444 e. The van der Waals surface area contributed by atoms with Crippen LogP contribution in [0.25, 0.3) is 0 Å². The molecule has 0 aliphatic carbocycles. The number of hydrogen-bond donors (Lipinski definition) is 1. The number of aliphatic hydroxyl groups excluding tert-OH is 1. The molecular formula is C15H29NO4. The molecule has 0 aromatic carbocycles. The highest BCUT2D eigenvalue weighted by molar-refractivity contribution is 5.69. The average molecular weight is 287 g/mol. The number of ether oxygens (including phenoxy) is 2. The second-order valence-corrected chi connectivity index (χ2v) is 6.80. The van der Waals surface area contributed by atoms with Gasteiger partial charge in [-0.15, -0.1) is 0 Å². The first kappa shape index (κ1) is 17.2. The minimum absolute atomic E-state index is 0.0470. The lowest BCUT2D eigenvalue weighted by molar-refractivity contribution is -0.0766. The highest BCUT2D eigenvalue weighted by Gasteiger charge is 2.36. The summed E-state index contributed by atoms with van der Waals surface area (Å²) in [5, 5.41) is 9.43. The van der Waals surface area contributed by atoms with Gasteiger partial charge in [-0.3, -0.25) is 0 Å². The summed E-state index contributed by atoms with van der Waals surface area (Å²) in [6.45, 7) is 11.3. The maximum absolute atomic E-state index is 12.4. The summed E-state index contributed by atoms with van der Waals surface area (Å²) in [4.78, 5) is 14.1. The molecule has 5 nitrogen and oxygen atoms in total. The third-order valence-corrected chi connectivity index (χ3v) is 3.41. The van der Waals surface area contributed by atoms with Gasteiger partial charge >= 0.3 is 6.09 Å². The average Bonchev–Trinajstić information content (AvgIpc) is 2.24. The van der Waals surface area contributed by atoms with Crippen molar-refractivity contribution in [3.05, 3.63) is 0 Å². The highest BCUT2D eigenvalue weighted by atomic mass is 16.6. The molecule has 3 unspecified atom stereocenters. The van der Waals surface area contributed by atoms with Gasteiger partial charge in [0.1, 0.15) is 5.60 Å². The molecular weight excluding hydrogens is 258 g/mol. The van der Waals surface area contributed by atoms with Gasteiger partial charge in [0.2, 0.25) is 0 Å². The molecule has 0 bridgehead atoms. The number of amides is 1. The number of aliphatic hydroxyl groups is 1. The van der Waals surface area contributed by atoms with Crippen LogP contribution >= 0.6 is 0 Å². The summed E-state index contributed by atoms with van der Waals surface area (Å²) < 4.78 is 11.2. The van der Waals surface area contributed by atoms with Gasteiger partial charge in [0.25, 0.3) is 0 Å². The Morgan fingerprint density at radius 2 is 1.85 bits per heavy atom. The molecule has 3 atom stereocenters. The van der Waals surface area contributed by atoms with Crippen LogP contribution in [0.5, 0.6) is 0 Å². The van der Waals surface area contributed by atoms with E-state index in [1.165, 1.54) is 0 Å². The Morgan fingerprint density at radius 1 is 1.35 bits per heavy atom. The monoisotopic (exact) mass is 287 g/mol. The van der Waals surface area contributed by atoms with Gasteiger partial charge in [-0.25, -0.2) is 4.79 Å². The van der Waals surface area contributed by atoms with Gasteiger partial charge in [-0.1, -0.05) is 0 Å². The number of nitrogens with zero attached hydrogens (tertiary/aromatic N) is 1. The van der Waals surface area contributed by atoms with Crippen LogP contribution in [0.3, 0.4) is 0 Å². The molecule has 1 heterocycles. The summed E-state index contributed by atoms with van der Waals surface area (Å²) in [5.74, 6) is 0. The molecule has 118 valence electrons. The maximum Gasteiger partial charge on any atom is 0.410 e. The zero-order valence-electron chi connectivity index (χ0n) is 13.5. The third-order valence-electron chi connectivity index (χ3n) is 3.41. The van der Waals surface area contributed by atoms with Crippen molar-refractivity contribution < 1.29 is 19.4 Å². The molecule has 1 saturated heterocycles. The molecule has 1 aliphatic rings. The van der Waals surface area contributed by atoms with Crippen LogP contribution in [0.15, 0.2) is 0 Å². The first-order valence-electron chi connectivity index (χ1n) is 7.41. The van der Waals surface area contributed by atoms with Crippen molar-refractivity contribution in [1.82, 2.24) is 4.90 Å². The molecule has 20 heavy (non-hydrogen) atoms. The molecule has 1 N–H and O–H groups in total. The van der Waals surface area contributed by atoms with Crippen molar-refractivity contribution in [1.29, 1.82) is 0 Å². The summed E-state index contributed by atoms with van der Waals surface area (Å²) in [6, 6.07) is -0.210. The quantitative estimate of drug-likeness (QED) is 0.866. The molecule has 0 radical (unpaired) electrons. The summed E-state index contributed by atoms with van der Waals surface area (Å²) >= 11 is 0. The fourth-order valence-electron chi connectivity index (χ4n) is 2.69.